The zero-order valence-corrected chi connectivity index (χ0v) is 27.8. The van der Waals surface area contributed by atoms with Crippen LogP contribution >= 0.6 is 103 Å². The van der Waals surface area contributed by atoms with E-state index in [0.717, 1.165) is 5.57 Å². The van der Waals surface area contributed by atoms with E-state index in [1.807, 2.05) is 41.5 Å². The average Bonchev–Trinajstić information content (AvgIpc) is 2.56. The van der Waals surface area contributed by atoms with E-state index in [0.29, 0.717) is 17.1 Å². The predicted molar refractivity (Wildman–Crippen MR) is 142 cm³/mol. The van der Waals surface area contributed by atoms with Crippen molar-refractivity contribution in [3.05, 3.63) is 12.2 Å². The molecule has 0 aromatic rings. The second-order valence-corrected chi connectivity index (χ2v) is 17.1. The number of phosphoric acid groups is 1. The molecule has 0 amide bonds. The maximum absolute atomic E-state index is 13.9. The van der Waals surface area contributed by atoms with Crippen molar-refractivity contribution >= 4 is 103 Å². The van der Waals surface area contributed by atoms with Crippen LogP contribution in [0.4, 0.5) is 0 Å². The summed E-state index contributed by atoms with van der Waals surface area (Å²) in [6.45, 7) is 15.4. The molecule has 0 bridgehead atoms. The Morgan fingerprint density at radius 1 is 0.966 bits per heavy atom. The smallest absolute Gasteiger partial charge is 0.348 e. The minimum atomic E-state index is -4.20. The van der Waals surface area contributed by atoms with Gasteiger partial charge in [0, 0.05) is 21.5 Å². The van der Waals surface area contributed by atoms with Gasteiger partial charge in [0.25, 0.3) is 0 Å². The van der Waals surface area contributed by atoms with Crippen molar-refractivity contribution in [2.75, 3.05) is 17.3 Å². The largest absolute Gasteiger partial charge is 0.481 e. The summed E-state index contributed by atoms with van der Waals surface area (Å²) in [7, 11) is -4.20. The minimum absolute atomic E-state index is 0.264. The molecule has 0 aliphatic heterocycles. The van der Waals surface area contributed by atoms with Gasteiger partial charge in [0.15, 0.2) is 13.1 Å². The predicted octanol–water partition coefficient (Wildman–Crippen LogP) is 9.20. The number of alkyl halides is 6. The van der Waals surface area contributed by atoms with Crippen molar-refractivity contribution in [1.29, 1.82) is 0 Å². The van der Waals surface area contributed by atoms with Crippen LogP contribution in [-0.4, -0.2) is 30.4 Å². The molecular formula is C17H29Br6O5P. The Hall–Kier alpha value is 2.69. The molecule has 5 nitrogen and oxygen atoms in total. The van der Waals surface area contributed by atoms with Gasteiger partial charge in [-0.1, -0.05) is 78.6 Å². The standard InChI is InChI=1S/C17H29Br6O5P/c1-8-13(25-9-12(2)3)26-29(24,27-16(20,21)14(4,5)10-18)28-17(22,23)15(6,7)11-19/h13H,2,8-11H2,1,3-7H3. The molecule has 174 valence electrons. The van der Waals surface area contributed by atoms with E-state index in [9.17, 15) is 4.57 Å². The van der Waals surface area contributed by atoms with Crippen molar-refractivity contribution in [1.82, 2.24) is 0 Å². The van der Waals surface area contributed by atoms with E-state index in [1.54, 1.807) is 0 Å². The van der Waals surface area contributed by atoms with E-state index >= 15 is 0 Å². The van der Waals surface area contributed by atoms with Gasteiger partial charge in [-0.05, 0) is 77.1 Å². The fraction of sp³-hybridized carbons (Fsp3) is 0.882. The van der Waals surface area contributed by atoms with E-state index in [-0.39, 0.29) is 6.61 Å². The van der Waals surface area contributed by atoms with E-state index < -0.39 is 31.8 Å². The Balaban J connectivity index is 5.98. The number of phosphoric ester groups is 1. The summed E-state index contributed by atoms with van der Waals surface area (Å²) in [5.41, 5.74) is -0.237. The summed E-state index contributed by atoms with van der Waals surface area (Å²) in [5, 5.41) is 1.08. The maximum Gasteiger partial charge on any atom is 0.481 e. The molecular weight excluding hydrogens is 795 g/mol. The van der Waals surface area contributed by atoms with Gasteiger partial charge in [0.05, 0.1) is 6.61 Å². The van der Waals surface area contributed by atoms with Gasteiger partial charge in [-0.3, -0.25) is 13.6 Å². The van der Waals surface area contributed by atoms with Crippen LogP contribution in [-0.2, 0) is 22.9 Å². The highest BCUT2D eigenvalue weighted by Crippen LogP contribution is 2.66. The molecule has 0 fully saturated rings. The molecule has 12 heteroatoms. The molecule has 0 aromatic carbocycles. The summed E-state index contributed by atoms with van der Waals surface area (Å²) in [4.78, 5) is 0. The molecule has 1 unspecified atom stereocenters. The highest BCUT2D eigenvalue weighted by Gasteiger charge is 2.54. The van der Waals surface area contributed by atoms with Crippen LogP contribution in [0.25, 0.3) is 0 Å². The van der Waals surface area contributed by atoms with Crippen LogP contribution < -0.4 is 0 Å². The molecule has 0 spiro atoms. The molecule has 0 radical (unpaired) electrons. The van der Waals surface area contributed by atoms with E-state index in [1.165, 1.54) is 0 Å². The van der Waals surface area contributed by atoms with Gasteiger partial charge >= 0.3 is 7.82 Å². The number of hydrogen-bond donors (Lipinski definition) is 0. The first kappa shape index (κ1) is 31.7. The van der Waals surface area contributed by atoms with Crippen LogP contribution in [0.1, 0.15) is 48.0 Å². The first-order chi connectivity index (χ1) is 12.9. The second-order valence-electron chi connectivity index (χ2n) is 7.91. The topological polar surface area (TPSA) is 54.0 Å². The Bertz CT molecular complexity index is 563. The fourth-order valence-corrected chi connectivity index (χ4v) is 8.01. The van der Waals surface area contributed by atoms with Crippen LogP contribution in [0, 0.1) is 10.8 Å². The normalized spacial score (nSPS) is 15.4. The third-order valence-corrected chi connectivity index (χ3v) is 14.0. The highest BCUT2D eigenvalue weighted by atomic mass is 79.9. The lowest BCUT2D eigenvalue weighted by Crippen LogP contribution is -2.40. The van der Waals surface area contributed by atoms with Gasteiger partial charge < -0.3 is 4.74 Å². The van der Waals surface area contributed by atoms with Gasteiger partial charge in [-0.2, -0.15) is 0 Å². The molecule has 0 aliphatic rings. The molecule has 29 heavy (non-hydrogen) atoms. The molecule has 0 aromatic heterocycles. The van der Waals surface area contributed by atoms with Crippen molar-refractivity contribution in [2.24, 2.45) is 10.8 Å². The van der Waals surface area contributed by atoms with Crippen LogP contribution in [0.5, 0.6) is 0 Å². The van der Waals surface area contributed by atoms with E-state index in [4.69, 9.17) is 18.3 Å². The molecule has 1 atom stereocenters. The summed E-state index contributed by atoms with van der Waals surface area (Å²) >= 11 is 20.9. The molecule has 0 aliphatic carbocycles. The van der Waals surface area contributed by atoms with Gasteiger partial charge in [-0.15, -0.1) is 0 Å². The zero-order chi connectivity index (χ0) is 23.3. The van der Waals surface area contributed by atoms with Crippen molar-refractivity contribution in [2.45, 2.75) is 61.1 Å². The minimum Gasteiger partial charge on any atom is -0.348 e. The molecule has 0 rings (SSSR count). The summed E-state index contributed by atoms with van der Waals surface area (Å²) in [6, 6.07) is 0. The third-order valence-electron chi connectivity index (χ3n) is 3.79. The van der Waals surface area contributed by atoms with Crippen molar-refractivity contribution < 1.29 is 22.9 Å². The van der Waals surface area contributed by atoms with Crippen LogP contribution in [0.15, 0.2) is 12.2 Å². The Morgan fingerprint density at radius 3 is 1.62 bits per heavy atom. The monoisotopic (exact) mass is 818 g/mol. The third kappa shape index (κ3) is 9.83. The van der Waals surface area contributed by atoms with Crippen LogP contribution in [0.2, 0.25) is 0 Å². The highest BCUT2D eigenvalue weighted by molar-refractivity contribution is 9.25. The SMILES string of the molecule is C=C(C)COC(CC)OP(=O)(OC(Br)(Br)C(C)(C)CBr)OC(Br)(Br)C(C)(C)CBr. The summed E-state index contributed by atoms with van der Waals surface area (Å²) < 4.78 is 34.8. The summed E-state index contributed by atoms with van der Waals surface area (Å²) in [5.74, 6) is 0. The molecule has 0 N–H and O–H groups in total. The lowest BCUT2D eigenvalue weighted by Gasteiger charge is -2.42. The number of ether oxygens (including phenoxy) is 1. The van der Waals surface area contributed by atoms with Crippen molar-refractivity contribution in [3.63, 3.8) is 0 Å². The number of rotatable bonds is 14. The van der Waals surface area contributed by atoms with Crippen LogP contribution in [0.3, 0.4) is 0 Å². The second kappa shape index (κ2) is 12.4. The maximum atomic E-state index is 13.9. The Kier molecular flexibility index (Phi) is 13.6. The Labute approximate surface area is 225 Å². The quantitative estimate of drug-likeness (QED) is 0.0758. The number of halogens is 6. The lowest BCUT2D eigenvalue weighted by atomic mass is 9.98. The number of hydrogen-bond acceptors (Lipinski definition) is 5. The van der Waals surface area contributed by atoms with Crippen molar-refractivity contribution in [3.8, 4) is 0 Å². The fourth-order valence-electron chi connectivity index (χ4n) is 1.35. The van der Waals surface area contributed by atoms with Gasteiger partial charge in [-0.25, -0.2) is 4.57 Å². The first-order valence-corrected chi connectivity index (χ1v) is 15.6. The van der Waals surface area contributed by atoms with Gasteiger partial charge in [0.1, 0.15) is 0 Å². The first-order valence-electron chi connectivity index (χ1n) is 8.72. The average molecular weight is 824 g/mol. The molecule has 0 saturated heterocycles. The van der Waals surface area contributed by atoms with Gasteiger partial charge in [0.2, 0.25) is 0 Å². The lowest BCUT2D eigenvalue weighted by molar-refractivity contribution is -0.101. The Morgan fingerprint density at radius 2 is 1.34 bits per heavy atom. The molecule has 0 heterocycles. The van der Waals surface area contributed by atoms with E-state index in [2.05, 4.69) is 102 Å². The zero-order valence-electron chi connectivity index (χ0n) is 17.4. The summed E-state index contributed by atoms with van der Waals surface area (Å²) in [6.07, 6.45) is -0.383. The molecule has 0 saturated carbocycles.